The minimum atomic E-state index is 0.155. The standard InChI is InChI=1S/C16H27N3O/c1-10-14(11(2)19-18-10)17-15(20)12-6-8-13(9-7-12)16(3,4)5/h12-13H,6-9H2,1-5H3,(H,17,20)(H,18,19). The number of rotatable bonds is 2. The second-order valence-corrected chi connectivity index (χ2v) is 7.21. The first-order chi connectivity index (χ1) is 9.29. The molecule has 1 aliphatic carbocycles. The van der Waals surface area contributed by atoms with Crippen molar-refractivity contribution in [3.63, 3.8) is 0 Å². The fraction of sp³-hybridized carbons (Fsp3) is 0.750. The fourth-order valence-electron chi connectivity index (χ4n) is 3.18. The minimum Gasteiger partial charge on any atom is -0.323 e. The Morgan fingerprint density at radius 1 is 1.20 bits per heavy atom. The van der Waals surface area contributed by atoms with E-state index in [0.29, 0.717) is 5.41 Å². The maximum absolute atomic E-state index is 12.4. The second-order valence-electron chi connectivity index (χ2n) is 7.21. The summed E-state index contributed by atoms with van der Waals surface area (Å²) in [5.41, 5.74) is 3.01. The van der Waals surface area contributed by atoms with Crippen molar-refractivity contribution in [1.29, 1.82) is 0 Å². The van der Waals surface area contributed by atoms with Crippen LogP contribution < -0.4 is 5.32 Å². The lowest BCUT2D eigenvalue weighted by atomic mass is 9.69. The Labute approximate surface area is 121 Å². The molecule has 1 aliphatic rings. The lowest BCUT2D eigenvalue weighted by Gasteiger charge is -2.36. The van der Waals surface area contributed by atoms with Crippen molar-refractivity contribution in [2.75, 3.05) is 5.32 Å². The van der Waals surface area contributed by atoms with E-state index in [1.165, 1.54) is 0 Å². The molecular formula is C16H27N3O. The van der Waals surface area contributed by atoms with E-state index in [9.17, 15) is 4.79 Å². The molecule has 0 saturated heterocycles. The number of anilines is 1. The zero-order valence-electron chi connectivity index (χ0n) is 13.3. The van der Waals surface area contributed by atoms with Gasteiger partial charge in [0.05, 0.1) is 17.1 Å². The highest BCUT2D eigenvalue weighted by Crippen LogP contribution is 2.40. The van der Waals surface area contributed by atoms with Crippen molar-refractivity contribution in [1.82, 2.24) is 10.2 Å². The van der Waals surface area contributed by atoms with E-state index in [0.717, 1.165) is 48.7 Å². The molecule has 0 unspecified atom stereocenters. The van der Waals surface area contributed by atoms with Gasteiger partial charge in [-0.15, -0.1) is 0 Å². The molecule has 4 heteroatoms. The molecule has 0 bridgehead atoms. The highest BCUT2D eigenvalue weighted by molar-refractivity contribution is 5.93. The Morgan fingerprint density at radius 3 is 2.25 bits per heavy atom. The highest BCUT2D eigenvalue weighted by atomic mass is 16.1. The van der Waals surface area contributed by atoms with Crippen LogP contribution in [0.25, 0.3) is 0 Å². The third kappa shape index (κ3) is 3.22. The summed E-state index contributed by atoms with van der Waals surface area (Å²) in [4.78, 5) is 12.4. The molecular weight excluding hydrogens is 250 g/mol. The van der Waals surface area contributed by atoms with E-state index in [4.69, 9.17) is 0 Å². The van der Waals surface area contributed by atoms with Gasteiger partial charge in [-0.2, -0.15) is 5.10 Å². The van der Waals surface area contributed by atoms with E-state index in [1.54, 1.807) is 0 Å². The minimum absolute atomic E-state index is 0.155. The van der Waals surface area contributed by atoms with Crippen LogP contribution in [0.5, 0.6) is 0 Å². The zero-order valence-corrected chi connectivity index (χ0v) is 13.3. The second kappa shape index (κ2) is 5.58. The fourth-order valence-corrected chi connectivity index (χ4v) is 3.18. The molecule has 1 aromatic rings. The monoisotopic (exact) mass is 277 g/mol. The van der Waals surface area contributed by atoms with Gasteiger partial charge in [0, 0.05) is 5.92 Å². The van der Waals surface area contributed by atoms with Crippen molar-refractivity contribution >= 4 is 11.6 Å². The number of nitrogens with zero attached hydrogens (tertiary/aromatic N) is 1. The molecule has 1 aromatic heterocycles. The molecule has 4 nitrogen and oxygen atoms in total. The molecule has 0 radical (unpaired) electrons. The van der Waals surface area contributed by atoms with Crippen molar-refractivity contribution in [2.45, 2.75) is 60.3 Å². The number of aromatic amines is 1. The van der Waals surface area contributed by atoms with Gasteiger partial charge < -0.3 is 5.32 Å². The van der Waals surface area contributed by atoms with Crippen LogP contribution in [0, 0.1) is 31.1 Å². The molecule has 1 heterocycles. The largest absolute Gasteiger partial charge is 0.323 e. The van der Waals surface area contributed by atoms with Gasteiger partial charge in [0.1, 0.15) is 0 Å². The van der Waals surface area contributed by atoms with E-state index in [1.807, 2.05) is 13.8 Å². The summed E-state index contributed by atoms with van der Waals surface area (Å²) in [5, 5.41) is 10.1. The molecule has 1 fully saturated rings. The Balaban J connectivity index is 1.93. The van der Waals surface area contributed by atoms with Crippen LogP contribution in [0.1, 0.15) is 57.8 Å². The molecule has 0 atom stereocenters. The van der Waals surface area contributed by atoms with Gasteiger partial charge in [-0.1, -0.05) is 20.8 Å². The molecule has 0 spiro atoms. The van der Waals surface area contributed by atoms with Crippen LogP contribution in [0.15, 0.2) is 0 Å². The first-order valence-electron chi connectivity index (χ1n) is 7.61. The van der Waals surface area contributed by atoms with E-state index in [2.05, 4.69) is 36.3 Å². The van der Waals surface area contributed by atoms with Crippen LogP contribution in [-0.4, -0.2) is 16.1 Å². The summed E-state index contributed by atoms with van der Waals surface area (Å²) in [7, 11) is 0. The third-order valence-corrected chi connectivity index (χ3v) is 4.70. The van der Waals surface area contributed by atoms with E-state index in [-0.39, 0.29) is 11.8 Å². The molecule has 2 N–H and O–H groups in total. The summed E-state index contributed by atoms with van der Waals surface area (Å²) in [5.74, 6) is 1.05. The highest BCUT2D eigenvalue weighted by Gasteiger charge is 2.32. The quantitative estimate of drug-likeness (QED) is 0.863. The number of H-pyrrole nitrogens is 1. The number of amides is 1. The van der Waals surface area contributed by atoms with Crippen molar-refractivity contribution < 1.29 is 4.79 Å². The van der Waals surface area contributed by atoms with Gasteiger partial charge in [-0.25, -0.2) is 0 Å². The molecule has 20 heavy (non-hydrogen) atoms. The van der Waals surface area contributed by atoms with Gasteiger partial charge in [-0.3, -0.25) is 9.89 Å². The van der Waals surface area contributed by atoms with Gasteiger partial charge in [-0.05, 0) is 50.9 Å². The van der Waals surface area contributed by atoms with Gasteiger partial charge in [0.2, 0.25) is 5.91 Å². The number of hydrogen-bond acceptors (Lipinski definition) is 2. The van der Waals surface area contributed by atoms with E-state index < -0.39 is 0 Å². The topological polar surface area (TPSA) is 57.8 Å². The van der Waals surface area contributed by atoms with Gasteiger partial charge >= 0.3 is 0 Å². The van der Waals surface area contributed by atoms with Crippen molar-refractivity contribution in [2.24, 2.45) is 17.3 Å². The lowest BCUT2D eigenvalue weighted by Crippen LogP contribution is -2.31. The van der Waals surface area contributed by atoms with Crippen LogP contribution in [0.4, 0.5) is 5.69 Å². The summed E-state index contributed by atoms with van der Waals surface area (Å²) >= 11 is 0. The number of aryl methyl sites for hydroxylation is 2. The summed E-state index contributed by atoms with van der Waals surface area (Å²) in [6.07, 6.45) is 4.32. The average Bonchev–Trinajstić information content (AvgIpc) is 2.69. The number of carbonyl (C=O) groups excluding carboxylic acids is 1. The van der Waals surface area contributed by atoms with Crippen LogP contribution in [-0.2, 0) is 4.79 Å². The van der Waals surface area contributed by atoms with Crippen molar-refractivity contribution in [3.8, 4) is 0 Å². The molecule has 1 saturated carbocycles. The lowest BCUT2D eigenvalue weighted by molar-refractivity contribution is -0.121. The number of carbonyl (C=O) groups is 1. The third-order valence-electron chi connectivity index (χ3n) is 4.70. The molecule has 0 aromatic carbocycles. The summed E-state index contributed by atoms with van der Waals surface area (Å²) in [6, 6.07) is 0. The first-order valence-corrected chi connectivity index (χ1v) is 7.61. The molecule has 112 valence electrons. The number of hydrogen-bond donors (Lipinski definition) is 2. The van der Waals surface area contributed by atoms with Gasteiger partial charge in [0.25, 0.3) is 0 Å². The van der Waals surface area contributed by atoms with Crippen LogP contribution in [0.3, 0.4) is 0 Å². The maximum atomic E-state index is 12.4. The Hall–Kier alpha value is -1.32. The predicted octanol–water partition coefficient (Wildman–Crippen LogP) is 3.82. The summed E-state index contributed by atoms with van der Waals surface area (Å²) < 4.78 is 0. The van der Waals surface area contributed by atoms with Crippen molar-refractivity contribution in [3.05, 3.63) is 11.4 Å². The van der Waals surface area contributed by atoms with Gasteiger partial charge in [0.15, 0.2) is 0 Å². The number of aromatic nitrogens is 2. The van der Waals surface area contributed by atoms with Crippen LogP contribution in [0.2, 0.25) is 0 Å². The smallest absolute Gasteiger partial charge is 0.227 e. The summed E-state index contributed by atoms with van der Waals surface area (Å²) in [6.45, 7) is 10.8. The molecule has 2 rings (SSSR count). The molecule has 0 aliphatic heterocycles. The average molecular weight is 277 g/mol. The SMILES string of the molecule is Cc1n[nH]c(C)c1NC(=O)C1CCC(C(C)(C)C)CC1. The Kier molecular flexibility index (Phi) is 4.21. The Bertz CT molecular complexity index is 457. The molecule has 1 amide bonds. The zero-order chi connectivity index (χ0) is 14.9. The normalized spacial score (nSPS) is 23.6. The Morgan fingerprint density at radius 2 is 1.80 bits per heavy atom. The maximum Gasteiger partial charge on any atom is 0.227 e. The first kappa shape index (κ1) is 15.1. The predicted molar refractivity (Wildman–Crippen MR) is 81.6 cm³/mol. The number of nitrogens with one attached hydrogen (secondary N) is 2. The van der Waals surface area contributed by atoms with E-state index >= 15 is 0 Å². The van der Waals surface area contributed by atoms with Crippen LogP contribution >= 0.6 is 0 Å².